The van der Waals surface area contributed by atoms with Crippen molar-refractivity contribution in [2.45, 2.75) is 13.0 Å². The van der Waals surface area contributed by atoms with Gasteiger partial charge < -0.3 is 15.2 Å². The van der Waals surface area contributed by atoms with Gasteiger partial charge in [0.2, 0.25) is 0 Å². The van der Waals surface area contributed by atoms with E-state index in [2.05, 4.69) is 4.98 Å². The van der Waals surface area contributed by atoms with Gasteiger partial charge in [-0.1, -0.05) is 6.07 Å². The number of methoxy groups -OCH3 is 2. The number of aryl methyl sites for hydroxylation is 1. The summed E-state index contributed by atoms with van der Waals surface area (Å²) in [6, 6.07) is 9.23. The summed E-state index contributed by atoms with van der Waals surface area (Å²) in [4.78, 5) is 4.36. The molecule has 1 atom stereocenters. The predicted octanol–water partition coefficient (Wildman–Crippen LogP) is 2.46. The van der Waals surface area contributed by atoms with Gasteiger partial charge in [-0.2, -0.15) is 0 Å². The maximum atomic E-state index is 6.29. The van der Waals surface area contributed by atoms with Gasteiger partial charge in [0.1, 0.15) is 11.5 Å². The summed E-state index contributed by atoms with van der Waals surface area (Å²) < 4.78 is 10.5. The molecule has 0 bridgehead atoms. The molecule has 2 N–H and O–H groups in total. The topological polar surface area (TPSA) is 57.4 Å². The van der Waals surface area contributed by atoms with Crippen molar-refractivity contribution in [3.8, 4) is 11.5 Å². The van der Waals surface area contributed by atoms with E-state index in [1.165, 1.54) is 0 Å². The smallest absolute Gasteiger partial charge is 0.122 e. The summed E-state index contributed by atoms with van der Waals surface area (Å²) in [7, 11) is 3.24. The second-order valence-electron chi connectivity index (χ2n) is 4.33. The molecule has 0 saturated heterocycles. The van der Waals surface area contributed by atoms with Gasteiger partial charge in [-0.15, -0.1) is 0 Å². The van der Waals surface area contributed by atoms with Crippen LogP contribution in [0.15, 0.2) is 36.5 Å². The molecule has 4 heteroatoms. The minimum atomic E-state index is -0.301. The molecule has 1 heterocycles. The number of benzene rings is 1. The van der Waals surface area contributed by atoms with Crippen LogP contribution in [0.3, 0.4) is 0 Å². The predicted molar refractivity (Wildman–Crippen MR) is 74.6 cm³/mol. The molecule has 1 aromatic carbocycles. The van der Waals surface area contributed by atoms with E-state index in [9.17, 15) is 0 Å². The van der Waals surface area contributed by atoms with E-state index in [1.807, 2.05) is 37.3 Å². The molecular formula is C15H18N2O2. The van der Waals surface area contributed by atoms with E-state index in [0.717, 1.165) is 28.3 Å². The second kappa shape index (κ2) is 5.71. The van der Waals surface area contributed by atoms with Crippen LogP contribution < -0.4 is 15.2 Å². The summed E-state index contributed by atoms with van der Waals surface area (Å²) in [5, 5.41) is 0. The molecule has 1 unspecified atom stereocenters. The Balaban J connectivity index is 2.43. The van der Waals surface area contributed by atoms with Crippen LogP contribution in [0.5, 0.6) is 11.5 Å². The van der Waals surface area contributed by atoms with E-state index in [0.29, 0.717) is 0 Å². The molecule has 1 aromatic heterocycles. The zero-order valence-electron chi connectivity index (χ0n) is 11.4. The van der Waals surface area contributed by atoms with Gasteiger partial charge in [0.05, 0.1) is 26.0 Å². The number of ether oxygens (including phenoxy) is 2. The third-order valence-electron chi connectivity index (χ3n) is 3.08. The van der Waals surface area contributed by atoms with Gasteiger partial charge >= 0.3 is 0 Å². The first-order valence-electron chi connectivity index (χ1n) is 6.05. The lowest BCUT2D eigenvalue weighted by atomic mass is 10.0. The monoisotopic (exact) mass is 258 g/mol. The Morgan fingerprint density at radius 3 is 2.26 bits per heavy atom. The first-order valence-corrected chi connectivity index (χ1v) is 6.05. The van der Waals surface area contributed by atoms with E-state index in [4.69, 9.17) is 15.2 Å². The van der Waals surface area contributed by atoms with Gasteiger partial charge in [0.25, 0.3) is 0 Å². The number of hydrogen-bond acceptors (Lipinski definition) is 4. The Bertz CT molecular complexity index is 548. The maximum Gasteiger partial charge on any atom is 0.122 e. The van der Waals surface area contributed by atoms with Crippen molar-refractivity contribution in [1.82, 2.24) is 4.98 Å². The SMILES string of the molecule is COc1cc(OC)cc(C(N)c2ncccc2C)c1. The van der Waals surface area contributed by atoms with Crippen LogP contribution in [0.25, 0.3) is 0 Å². The maximum absolute atomic E-state index is 6.29. The number of nitrogens with two attached hydrogens (primary N) is 1. The lowest BCUT2D eigenvalue weighted by Gasteiger charge is -2.16. The summed E-state index contributed by atoms with van der Waals surface area (Å²) in [5.41, 5.74) is 9.13. The summed E-state index contributed by atoms with van der Waals surface area (Å²) in [5.74, 6) is 1.44. The fourth-order valence-corrected chi connectivity index (χ4v) is 1.99. The van der Waals surface area contributed by atoms with Crippen molar-refractivity contribution in [2.75, 3.05) is 14.2 Å². The van der Waals surface area contributed by atoms with Crippen LogP contribution in [0.2, 0.25) is 0 Å². The molecule has 0 spiro atoms. The number of nitrogens with zero attached hydrogens (tertiary/aromatic N) is 1. The normalized spacial score (nSPS) is 12.0. The van der Waals surface area contributed by atoms with Gasteiger partial charge in [-0.3, -0.25) is 4.98 Å². The van der Waals surface area contributed by atoms with Crippen LogP contribution in [0, 0.1) is 6.92 Å². The van der Waals surface area contributed by atoms with Gasteiger partial charge in [-0.25, -0.2) is 0 Å². The second-order valence-corrected chi connectivity index (χ2v) is 4.33. The molecule has 0 aliphatic rings. The van der Waals surface area contributed by atoms with Crippen LogP contribution in [-0.2, 0) is 0 Å². The molecule has 0 fully saturated rings. The zero-order chi connectivity index (χ0) is 13.8. The molecule has 2 aromatic rings. The van der Waals surface area contributed by atoms with Gasteiger partial charge in [-0.05, 0) is 36.2 Å². The molecule has 0 saturated carbocycles. The van der Waals surface area contributed by atoms with Crippen molar-refractivity contribution >= 4 is 0 Å². The van der Waals surface area contributed by atoms with Crippen molar-refractivity contribution in [1.29, 1.82) is 0 Å². The Hall–Kier alpha value is -2.07. The highest BCUT2D eigenvalue weighted by Gasteiger charge is 2.14. The average molecular weight is 258 g/mol. The van der Waals surface area contributed by atoms with Gasteiger partial charge in [0, 0.05) is 12.3 Å². The third kappa shape index (κ3) is 2.85. The molecule has 0 amide bonds. The van der Waals surface area contributed by atoms with E-state index in [1.54, 1.807) is 20.4 Å². The largest absolute Gasteiger partial charge is 0.497 e. The van der Waals surface area contributed by atoms with Crippen LogP contribution >= 0.6 is 0 Å². The lowest BCUT2D eigenvalue weighted by Crippen LogP contribution is -2.15. The quantitative estimate of drug-likeness (QED) is 0.915. The van der Waals surface area contributed by atoms with Crippen molar-refractivity contribution in [3.63, 3.8) is 0 Å². The highest BCUT2D eigenvalue weighted by Crippen LogP contribution is 2.28. The first kappa shape index (κ1) is 13.4. The summed E-state index contributed by atoms with van der Waals surface area (Å²) >= 11 is 0. The van der Waals surface area contributed by atoms with Crippen molar-refractivity contribution in [3.05, 3.63) is 53.3 Å². The molecule has 2 rings (SSSR count). The molecule has 0 radical (unpaired) electrons. The summed E-state index contributed by atoms with van der Waals surface area (Å²) in [6.45, 7) is 2.00. The fraction of sp³-hybridized carbons (Fsp3) is 0.267. The standard InChI is InChI=1S/C15H18N2O2/c1-10-5-4-6-17-15(10)14(16)11-7-12(18-2)9-13(8-11)19-3/h4-9,14H,16H2,1-3H3. The number of pyridine rings is 1. The number of hydrogen-bond donors (Lipinski definition) is 1. The number of aromatic nitrogens is 1. The van der Waals surface area contributed by atoms with Crippen molar-refractivity contribution in [2.24, 2.45) is 5.73 Å². The lowest BCUT2D eigenvalue weighted by molar-refractivity contribution is 0.393. The molecule has 0 aliphatic carbocycles. The first-order chi connectivity index (χ1) is 9.15. The highest BCUT2D eigenvalue weighted by molar-refractivity contribution is 5.42. The molecular weight excluding hydrogens is 240 g/mol. The molecule has 4 nitrogen and oxygen atoms in total. The minimum Gasteiger partial charge on any atom is -0.497 e. The van der Waals surface area contributed by atoms with E-state index >= 15 is 0 Å². The van der Waals surface area contributed by atoms with Crippen LogP contribution in [-0.4, -0.2) is 19.2 Å². The van der Waals surface area contributed by atoms with E-state index < -0.39 is 0 Å². The van der Waals surface area contributed by atoms with Crippen LogP contribution in [0.1, 0.15) is 22.9 Å². The number of rotatable bonds is 4. The molecule has 100 valence electrons. The van der Waals surface area contributed by atoms with Crippen LogP contribution in [0.4, 0.5) is 0 Å². The zero-order valence-corrected chi connectivity index (χ0v) is 11.4. The minimum absolute atomic E-state index is 0.301. The molecule has 19 heavy (non-hydrogen) atoms. The Morgan fingerprint density at radius 2 is 1.74 bits per heavy atom. The fourth-order valence-electron chi connectivity index (χ4n) is 1.99. The van der Waals surface area contributed by atoms with E-state index in [-0.39, 0.29) is 6.04 Å². The van der Waals surface area contributed by atoms with Crippen molar-refractivity contribution < 1.29 is 9.47 Å². The average Bonchev–Trinajstić information content (AvgIpc) is 2.46. The molecule has 0 aliphatic heterocycles. The third-order valence-corrected chi connectivity index (χ3v) is 3.08. The van der Waals surface area contributed by atoms with Gasteiger partial charge in [0.15, 0.2) is 0 Å². The Kier molecular flexibility index (Phi) is 4.02. The Morgan fingerprint density at radius 1 is 1.11 bits per heavy atom. The summed E-state index contributed by atoms with van der Waals surface area (Å²) in [6.07, 6.45) is 1.75. The Labute approximate surface area is 113 Å². The highest BCUT2D eigenvalue weighted by atomic mass is 16.5.